The van der Waals surface area contributed by atoms with Crippen LogP contribution in [0.1, 0.15) is 32.0 Å². The van der Waals surface area contributed by atoms with Gasteiger partial charge in [-0.25, -0.2) is 4.79 Å². The number of ether oxygens (including phenoxy) is 1. The molecule has 19 heavy (non-hydrogen) atoms. The van der Waals surface area contributed by atoms with Crippen molar-refractivity contribution in [2.24, 2.45) is 0 Å². The van der Waals surface area contributed by atoms with Gasteiger partial charge in [-0.15, -0.1) is 0 Å². The Kier molecular flexibility index (Phi) is 8.42. The summed E-state index contributed by atoms with van der Waals surface area (Å²) in [6.45, 7) is 5.52. The Hall–Kier alpha value is -1.71. The molecule has 0 aliphatic carbocycles. The fourth-order valence-corrected chi connectivity index (χ4v) is 1.46. The highest BCUT2D eigenvalue weighted by molar-refractivity contribution is 5.00. The highest BCUT2D eigenvalue weighted by atomic mass is 16.5. The van der Waals surface area contributed by atoms with Gasteiger partial charge in [-0.2, -0.15) is 10.2 Å². The zero-order valence-corrected chi connectivity index (χ0v) is 11.8. The molecule has 6 nitrogen and oxygen atoms in total. The van der Waals surface area contributed by atoms with Gasteiger partial charge in [0.15, 0.2) is 0 Å². The largest absolute Gasteiger partial charge is 0.394 e. The first kappa shape index (κ1) is 17.3. The summed E-state index contributed by atoms with van der Waals surface area (Å²) in [5.74, 6) is 0. The molecule has 0 bridgehead atoms. The molecule has 0 amide bonds. The minimum Gasteiger partial charge on any atom is -0.394 e. The number of nitrogens with zero attached hydrogens (tertiary/aromatic N) is 3. The SMILES string of the molecule is CC.COC(CO)C[C@H](C#N)n1ccc(C)nc1=O. The Morgan fingerprint density at radius 2 is 2.21 bits per heavy atom. The van der Waals surface area contributed by atoms with Gasteiger partial charge in [0.1, 0.15) is 6.04 Å². The fourth-order valence-electron chi connectivity index (χ4n) is 1.46. The second-order valence-corrected chi connectivity index (χ2v) is 3.68. The molecular weight excluding hydrogens is 246 g/mol. The first-order valence-corrected chi connectivity index (χ1v) is 6.21. The molecule has 1 unspecified atom stereocenters. The van der Waals surface area contributed by atoms with E-state index in [-0.39, 0.29) is 13.0 Å². The van der Waals surface area contributed by atoms with Crippen LogP contribution in [0.3, 0.4) is 0 Å². The summed E-state index contributed by atoms with van der Waals surface area (Å²) in [6, 6.07) is 2.98. The fraction of sp³-hybridized carbons (Fsp3) is 0.615. The third kappa shape index (κ3) is 5.20. The van der Waals surface area contributed by atoms with Gasteiger partial charge in [0, 0.05) is 25.4 Å². The number of hydrogen-bond acceptors (Lipinski definition) is 5. The Balaban J connectivity index is 0.00000154. The molecule has 1 heterocycles. The van der Waals surface area contributed by atoms with Crippen molar-refractivity contribution in [3.63, 3.8) is 0 Å². The van der Waals surface area contributed by atoms with Crippen LogP contribution < -0.4 is 5.69 Å². The van der Waals surface area contributed by atoms with Gasteiger partial charge in [-0.05, 0) is 13.0 Å². The number of aryl methyl sites for hydroxylation is 1. The third-order valence-corrected chi connectivity index (χ3v) is 2.48. The van der Waals surface area contributed by atoms with Gasteiger partial charge in [0.2, 0.25) is 0 Å². The molecule has 1 aromatic heterocycles. The molecule has 0 saturated heterocycles. The summed E-state index contributed by atoms with van der Waals surface area (Å²) in [7, 11) is 1.45. The van der Waals surface area contributed by atoms with Gasteiger partial charge in [-0.3, -0.25) is 4.57 Å². The number of rotatable bonds is 5. The van der Waals surface area contributed by atoms with E-state index in [1.165, 1.54) is 17.9 Å². The van der Waals surface area contributed by atoms with Crippen molar-refractivity contribution < 1.29 is 9.84 Å². The van der Waals surface area contributed by atoms with Crippen LogP contribution in [-0.2, 0) is 4.74 Å². The van der Waals surface area contributed by atoms with Crippen molar-refractivity contribution >= 4 is 0 Å². The maximum Gasteiger partial charge on any atom is 0.348 e. The highest BCUT2D eigenvalue weighted by Gasteiger charge is 2.18. The summed E-state index contributed by atoms with van der Waals surface area (Å²) in [5, 5.41) is 18.0. The molecular formula is C13H21N3O3. The van der Waals surface area contributed by atoms with Gasteiger partial charge < -0.3 is 9.84 Å². The monoisotopic (exact) mass is 267 g/mol. The molecule has 1 aromatic rings. The molecule has 0 spiro atoms. The van der Waals surface area contributed by atoms with Crippen LogP contribution in [0.4, 0.5) is 0 Å². The molecule has 2 atom stereocenters. The van der Waals surface area contributed by atoms with E-state index in [0.717, 1.165) is 0 Å². The van der Waals surface area contributed by atoms with Crippen LogP contribution in [0, 0.1) is 18.3 Å². The standard InChI is InChI=1S/C11H15N3O3.C2H6/c1-8-3-4-14(11(16)13-8)9(6-12)5-10(7-15)17-2;1-2/h3-4,9-10,15H,5,7H2,1-2H3;1-2H3/t9-,10?;/m1./s1. The molecule has 6 heteroatoms. The van der Waals surface area contributed by atoms with Crippen LogP contribution in [0.5, 0.6) is 0 Å². The van der Waals surface area contributed by atoms with E-state index < -0.39 is 17.8 Å². The number of hydrogen-bond donors (Lipinski definition) is 1. The normalized spacial score (nSPS) is 12.8. The van der Waals surface area contributed by atoms with Gasteiger partial charge in [0.25, 0.3) is 0 Å². The second kappa shape index (κ2) is 9.25. The van der Waals surface area contributed by atoms with Crippen molar-refractivity contribution in [1.82, 2.24) is 9.55 Å². The van der Waals surface area contributed by atoms with Crippen molar-refractivity contribution in [2.75, 3.05) is 13.7 Å². The molecule has 106 valence electrons. The zero-order valence-electron chi connectivity index (χ0n) is 11.8. The predicted octanol–water partition coefficient (Wildman–Crippen LogP) is 1.04. The van der Waals surface area contributed by atoms with Gasteiger partial charge in [-0.1, -0.05) is 13.8 Å². The Labute approximate surface area is 113 Å². The van der Waals surface area contributed by atoms with Crippen LogP contribution in [-0.4, -0.2) is 34.5 Å². The van der Waals surface area contributed by atoms with Crippen LogP contribution in [0.2, 0.25) is 0 Å². The van der Waals surface area contributed by atoms with E-state index in [1.807, 2.05) is 19.9 Å². The lowest BCUT2D eigenvalue weighted by molar-refractivity contribution is 0.0370. The van der Waals surface area contributed by atoms with Crippen molar-refractivity contribution in [3.8, 4) is 6.07 Å². The van der Waals surface area contributed by atoms with E-state index in [4.69, 9.17) is 15.1 Å². The Bertz CT molecular complexity index is 461. The Morgan fingerprint density at radius 3 is 2.63 bits per heavy atom. The molecule has 0 aliphatic rings. The average molecular weight is 267 g/mol. The third-order valence-electron chi connectivity index (χ3n) is 2.48. The van der Waals surface area contributed by atoms with Crippen LogP contribution in [0.25, 0.3) is 0 Å². The van der Waals surface area contributed by atoms with Crippen LogP contribution in [0.15, 0.2) is 17.1 Å². The predicted molar refractivity (Wildman–Crippen MR) is 71.7 cm³/mol. The summed E-state index contributed by atoms with van der Waals surface area (Å²) >= 11 is 0. The molecule has 0 saturated carbocycles. The lowest BCUT2D eigenvalue weighted by Gasteiger charge is -2.17. The number of aromatic nitrogens is 2. The lowest BCUT2D eigenvalue weighted by atomic mass is 10.1. The van der Waals surface area contributed by atoms with E-state index in [2.05, 4.69) is 4.98 Å². The topological polar surface area (TPSA) is 88.1 Å². The average Bonchev–Trinajstić information content (AvgIpc) is 2.44. The van der Waals surface area contributed by atoms with E-state index in [9.17, 15) is 4.79 Å². The van der Waals surface area contributed by atoms with Crippen LogP contribution >= 0.6 is 0 Å². The number of aliphatic hydroxyl groups is 1. The minimum absolute atomic E-state index is 0.192. The molecule has 0 radical (unpaired) electrons. The van der Waals surface area contributed by atoms with Crippen molar-refractivity contribution in [2.45, 2.75) is 39.3 Å². The van der Waals surface area contributed by atoms with E-state index >= 15 is 0 Å². The number of aliphatic hydroxyl groups excluding tert-OH is 1. The number of nitriles is 1. The molecule has 1 rings (SSSR count). The number of methoxy groups -OCH3 is 1. The quantitative estimate of drug-likeness (QED) is 0.861. The molecule has 1 N–H and O–H groups in total. The maximum atomic E-state index is 11.6. The lowest BCUT2D eigenvalue weighted by Crippen LogP contribution is -2.30. The highest BCUT2D eigenvalue weighted by Crippen LogP contribution is 2.12. The summed E-state index contributed by atoms with van der Waals surface area (Å²) in [5.41, 5.74) is 0.137. The Morgan fingerprint density at radius 1 is 1.58 bits per heavy atom. The van der Waals surface area contributed by atoms with Crippen molar-refractivity contribution in [3.05, 3.63) is 28.4 Å². The maximum absolute atomic E-state index is 11.6. The summed E-state index contributed by atoms with van der Waals surface area (Å²) in [4.78, 5) is 15.4. The molecule has 0 fully saturated rings. The first-order chi connectivity index (χ1) is 9.12. The first-order valence-electron chi connectivity index (χ1n) is 6.21. The molecule has 0 aromatic carbocycles. The van der Waals surface area contributed by atoms with E-state index in [0.29, 0.717) is 5.69 Å². The summed E-state index contributed by atoms with van der Waals surface area (Å²) < 4.78 is 6.22. The minimum atomic E-state index is -0.687. The van der Waals surface area contributed by atoms with Gasteiger partial charge >= 0.3 is 5.69 Å². The smallest absolute Gasteiger partial charge is 0.348 e. The molecule has 0 aliphatic heterocycles. The zero-order chi connectivity index (χ0) is 14.8. The summed E-state index contributed by atoms with van der Waals surface area (Å²) in [6.07, 6.45) is 1.31. The second-order valence-electron chi connectivity index (χ2n) is 3.68. The van der Waals surface area contributed by atoms with E-state index in [1.54, 1.807) is 13.0 Å². The van der Waals surface area contributed by atoms with Gasteiger partial charge in [0.05, 0.1) is 18.8 Å². The van der Waals surface area contributed by atoms with Crippen molar-refractivity contribution in [1.29, 1.82) is 5.26 Å².